The number of hydrogen-bond acceptors (Lipinski definition) is 6. The Labute approximate surface area is 180 Å². The number of ether oxygens (including phenoxy) is 1. The van der Waals surface area contributed by atoms with Crippen molar-refractivity contribution < 1.29 is 27.8 Å². The summed E-state index contributed by atoms with van der Waals surface area (Å²) >= 11 is 0. The third-order valence-electron chi connectivity index (χ3n) is 7.11. The van der Waals surface area contributed by atoms with Crippen molar-refractivity contribution in [1.82, 2.24) is 15.1 Å². The molecule has 9 heteroatoms. The van der Waals surface area contributed by atoms with Crippen LogP contribution in [0.2, 0.25) is 0 Å². The van der Waals surface area contributed by atoms with E-state index >= 15 is 0 Å². The lowest BCUT2D eigenvalue weighted by Crippen LogP contribution is -2.71. The second-order valence-corrected chi connectivity index (χ2v) is 8.98. The summed E-state index contributed by atoms with van der Waals surface area (Å²) in [6, 6.07) is 8.87. The molecule has 31 heavy (non-hydrogen) atoms. The molecule has 2 aliphatic heterocycles. The van der Waals surface area contributed by atoms with Gasteiger partial charge in [-0.15, -0.1) is 0 Å². The minimum absolute atomic E-state index is 0.0118. The van der Waals surface area contributed by atoms with Crippen molar-refractivity contribution in [2.75, 3.05) is 33.3 Å². The van der Waals surface area contributed by atoms with Crippen LogP contribution < -0.4 is 5.32 Å². The number of rotatable bonds is 7. The maximum atomic E-state index is 13.5. The SMILES string of the molecule is COC(=O)CC1(N2CCC(N(C(O)C(F)(F)F)[C@@H]3CC3c3ccccc3)CC2)CNC1. The van der Waals surface area contributed by atoms with Gasteiger partial charge in [0.1, 0.15) is 0 Å². The molecule has 1 aliphatic carbocycles. The Balaban J connectivity index is 1.45. The lowest BCUT2D eigenvalue weighted by atomic mass is 9.84. The van der Waals surface area contributed by atoms with Gasteiger partial charge in [-0.25, -0.2) is 0 Å². The molecule has 2 saturated heterocycles. The molecule has 2 N–H and O–H groups in total. The second-order valence-electron chi connectivity index (χ2n) is 8.98. The largest absolute Gasteiger partial charge is 0.469 e. The van der Waals surface area contributed by atoms with E-state index < -0.39 is 12.4 Å². The zero-order valence-electron chi connectivity index (χ0n) is 17.6. The zero-order chi connectivity index (χ0) is 22.2. The molecule has 172 valence electrons. The predicted octanol–water partition coefficient (Wildman–Crippen LogP) is 2.09. The number of nitrogens with one attached hydrogen (secondary N) is 1. The molecule has 3 fully saturated rings. The molecule has 1 aromatic rings. The average Bonchev–Trinajstić information content (AvgIpc) is 3.51. The summed E-state index contributed by atoms with van der Waals surface area (Å²) in [5.74, 6) is -0.265. The summed E-state index contributed by atoms with van der Waals surface area (Å²) in [4.78, 5) is 15.4. The fraction of sp³-hybridized carbons (Fsp3) is 0.682. The average molecular weight is 441 g/mol. The fourth-order valence-corrected chi connectivity index (χ4v) is 5.24. The number of likely N-dealkylation sites (tertiary alicyclic amines) is 1. The first-order valence-corrected chi connectivity index (χ1v) is 10.8. The van der Waals surface area contributed by atoms with Gasteiger partial charge in [-0.2, -0.15) is 13.2 Å². The van der Waals surface area contributed by atoms with Gasteiger partial charge in [0.05, 0.1) is 19.1 Å². The first-order chi connectivity index (χ1) is 14.7. The Kier molecular flexibility index (Phi) is 6.31. The summed E-state index contributed by atoms with van der Waals surface area (Å²) < 4.78 is 45.4. The van der Waals surface area contributed by atoms with Crippen LogP contribution >= 0.6 is 0 Å². The molecule has 6 nitrogen and oxygen atoms in total. The number of piperidine rings is 1. The van der Waals surface area contributed by atoms with Crippen molar-refractivity contribution >= 4 is 5.97 Å². The maximum Gasteiger partial charge on any atom is 0.428 e. The molecule has 0 spiro atoms. The highest BCUT2D eigenvalue weighted by Crippen LogP contribution is 2.48. The van der Waals surface area contributed by atoms with Crippen LogP contribution in [0.4, 0.5) is 13.2 Å². The van der Waals surface area contributed by atoms with E-state index in [4.69, 9.17) is 4.74 Å². The van der Waals surface area contributed by atoms with E-state index in [9.17, 15) is 23.1 Å². The first kappa shape index (κ1) is 22.5. The summed E-state index contributed by atoms with van der Waals surface area (Å²) in [6.07, 6.45) is -5.22. The number of hydrogen-bond donors (Lipinski definition) is 2. The van der Waals surface area contributed by atoms with E-state index in [0.29, 0.717) is 45.4 Å². The lowest BCUT2D eigenvalue weighted by molar-refractivity contribution is -0.261. The van der Waals surface area contributed by atoms with Gasteiger partial charge in [-0.1, -0.05) is 30.3 Å². The third kappa shape index (κ3) is 4.60. The van der Waals surface area contributed by atoms with Crippen LogP contribution in [0.5, 0.6) is 0 Å². The molecule has 1 saturated carbocycles. The van der Waals surface area contributed by atoms with Gasteiger partial charge in [0.2, 0.25) is 6.23 Å². The smallest absolute Gasteiger partial charge is 0.428 e. The summed E-state index contributed by atoms with van der Waals surface area (Å²) in [6.45, 7) is 2.51. The number of methoxy groups -OCH3 is 1. The molecule has 1 aromatic carbocycles. The van der Waals surface area contributed by atoms with E-state index in [1.807, 2.05) is 30.3 Å². The molecule has 2 unspecified atom stereocenters. The Morgan fingerprint density at radius 1 is 1.29 bits per heavy atom. The summed E-state index contributed by atoms with van der Waals surface area (Å²) in [5, 5.41) is 13.4. The Bertz CT molecular complexity index is 764. The lowest BCUT2D eigenvalue weighted by Gasteiger charge is -2.53. The number of carbonyl (C=O) groups excluding carboxylic acids is 1. The molecular formula is C22H30F3N3O3. The highest BCUT2D eigenvalue weighted by atomic mass is 19.4. The molecule has 3 aliphatic rings. The molecule has 3 atom stereocenters. The Hall–Kier alpha value is -1.68. The van der Waals surface area contributed by atoms with Gasteiger partial charge in [0.15, 0.2) is 0 Å². The van der Waals surface area contributed by atoms with E-state index in [0.717, 1.165) is 5.56 Å². The standard InChI is InChI=1S/C22H30F3N3O3/c1-31-19(29)12-21(13-26-14-21)27-9-7-16(8-10-27)28(20(30)22(23,24)25)18-11-17(18)15-5-3-2-4-6-15/h2-6,16-18,20,26,30H,7-14H2,1H3/t17?,18-,20?/m1/s1. The second kappa shape index (κ2) is 8.69. The van der Waals surface area contributed by atoms with E-state index in [1.165, 1.54) is 12.0 Å². The van der Waals surface area contributed by atoms with E-state index in [-0.39, 0.29) is 35.9 Å². The monoisotopic (exact) mass is 441 g/mol. The number of esters is 1. The van der Waals surface area contributed by atoms with Gasteiger partial charge in [-0.3, -0.25) is 14.6 Å². The van der Waals surface area contributed by atoms with Crippen LogP contribution in [0, 0.1) is 0 Å². The van der Waals surface area contributed by atoms with Crippen LogP contribution in [-0.2, 0) is 9.53 Å². The number of carbonyl (C=O) groups is 1. The molecule has 0 bridgehead atoms. The van der Waals surface area contributed by atoms with Crippen LogP contribution in [0.15, 0.2) is 30.3 Å². The summed E-state index contributed by atoms with van der Waals surface area (Å²) in [7, 11) is 1.36. The van der Waals surface area contributed by atoms with Crippen LogP contribution in [0.1, 0.15) is 37.2 Å². The van der Waals surface area contributed by atoms with Crippen molar-refractivity contribution in [2.45, 2.75) is 61.6 Å². The van der Waals surface area contributed by atoms with Crippen molar-refractivity contribution in [2.24, 2.45) is 0 Å². The number of nitrogens with zero attached hydrogens (tertiary/aromatic N) is 2. The number of aliphatic hydroxyl groups excluding tert-OH is 1. The van der Waals surface area contributed by atoms with Crippen molar-refractivity contribution in [3.8, 4) is 0 Å². The predicted molar refractivity (Wildman–Crippen MR) is 108 cm³/mol. The number of benzene rings is 1. The van der Waals surface area contributed by atoms with Crippen LogP contribution in [0.3, 0.4) is 0 Å². The molecular weight excluding hydrogens is 411 g/mol. The van der Waals surface area contributed by atoms with E-state index in [1.54, 1.807) is 0 Å². The van der Waals surface area contributed by atoms with Crippen LogP contribution in [0.25, 0.3) is 0 Å². The molecule has 0 radical (unpaired) electrons. The third-order valence-corrected chi connectivity index (χ3v) is 7.11. The number of aliphatic hydroxyl groups is 1. The minimum Gasteiger partial charge on any atom is -0.469 e. The van der Waals surface area contributed by atoms with Crippen molar-refractivity contribution in [3.63, 3.8) is 0 Å². The normalized spacial score (nSPS) is 27.5. The van der Waals surface area contributed by atoms with Gasteiger partial charge >= 0.3 is 12.1 Å². The topological polar surface area (TPSA) is 65.0 Å². The molecule has 2 heterocycles. The maximum absolute atomic E-state index is 13.5. The number of alkyl halides is 3. The minimum atomic E-state index is -4.69. The van der Waals surface area contributed by atoms with Crippen molar-refractivity contribution in [1.29, 1.82) is 0 Å². The molecule has 0 aromatic heterocycles. The summed E-state index contributed by atoms with van der Waals surface area (Å²) in [5.41, 5.74) is 0.694. The van der Waals surface area contributed by atoms with Gasteiger partial charge in [-0.05, 0) is 24.8 Å². The van der Waals surface area contributed by atoms with Gasteiger partial charge in [0, 0.05) is 44.2 Å². The quantitative estimate of drug-likeness (QED) is 0.499. The van der Waals surface area contributed by atoms with Crippen molar-refractivity contribution in [3.05, 3.63) is 35.9 Å². The number of halogens is 3. The highest BCUT2D eigenvalue weighted by molar-refractivity contribution is 5.71. The van der Waals surface area contributed by atoms with Gasteiger partial charge < -0.3 is 15.2 Å². The molecule has 0 amide bonds. The Morgan fingerprint density at radius 3 is 2.45 bits per heavy atom. The van der Waals surface area contributed by atoms with E-state index in [2.05, 4.69) is 10.2 Å². The van der Waals surface area contributed by atoms with Crippen LogP contribution in [-0.4, -0.2) is 84.2 Å². The molecule has 4 rings (SSSR count). The Morgan fingerprint density at radius 2 is 1.94 bits per heavy atom. The first-order valence-electron chi connectivity index (χ1n) is 10.8. The highest BCUT2D eigenvalue weighted by Gasteiger charge is 2.55. The fourth-order valence-electron chi connectivity index (χ4n) is 5.24. The zero-order valence-corrected chi connectivity index (χ0v) is 17.6. The van der Waals surface area contributed by atoms with Gasteiger partial charge in [0.25, 0.3) is 0 Å².